The van der Waals surface area contributed by atoms with Crippen molar-refractivity contribution in [2.45, 2.75) is 13.5 Å². The van der Waals surface area contributed by atoms with Crippen molar-refractivity contribution in [3.05, 3.63) is 59.7 Å². The molecule has 1 aromatic carbocycles. The number of nitrogens with zero attached hydrogens (tertiary/aromatic N) is 1. The highest BCUT2D eigenvalue weighted by Gasteiger charge is 2.15. The van der Waals surface area contributed by atoms with Gasteiger partial charge in [-0.05, 0) is 30.5 Å². The van der Waals surface area contributed by atoms with Crippen LogP contribution in [-0.4, -0.2) is 10.5 Å². The third-order valence-corrected chi connectivity index (χ3v) is 3.44. The molecule has 2 aromatic heterocycles. The largest absolute Gasteiger partial charge is 0.467 e. The third kappa shape index (κ3) is 1.98. The van der Waals surface area contributed by atoms with Crippen LogP contribution in [0, 0.1) is 6.92 Å². The molecule has 0 aliphatic rings. The third-order valence-electron chi connectivity index (χ3n) is 3.44. The Hall–Kier alpha value is -2.53. The molecule has 0 radical (unpaired) electrons. The predicted octanol–water partition coefficient (Wildman–Crippen LogP) is 2.19. The van der Waals surface area contributed by atoms with E-state index >= 15 is 0 Å². The van der Waals surface area contributed by atoms with Crippen molar-refractivity contribution in [1.29, 1.82) is 0 Å². The van der Waals surface area contributed by atoms with E-state index in [9.17, 15) is 4.79 Å². The van der Waals surface area contributed by atoms with Crippen LogP contribution in [0.2, 0.25) is 0 Å². The number of aromatic nitrogens is 1. The van der Waals surface area contributed by atoms with E-state index < -0.39 is 0 Å². The minimum atomic E-state index is -0.345. The predicted molar refractivity (Wildman–Crippen MR) is 76.1 cm³/mol. The molecule has 5 heteroatoms. The number of furan rings is 1. The second-order valence-corrected chi connectivity index (χ2v) is 4.66. The first-order valence-corrected chi connectivity index (χ1v) is 6.33. The van der Waals surface area contributed by atoms with Crippen LogP contribution < -0.4 is 11.3 Å². The van der Waals surface area contributed by atoms with E-state index in [0.29, 0.717) is 17.9 Å². The number of hydrogen-bond acceptors (Lipinski definition) is 3. The molecule has 3 rings (SSSR count). The zero-order valence-electron chi connectivity index (χ0n) is 11.1. The Morgan fingerprint density at radius 3 is 2.95 bits per heavy atom. The van der Waals surface area contributed by atoms with E-state index in [0.717, 1.165) is 11.2 Å². The molecule has 0 atom stereocenters. The zero-order valence-corrected chi connectivity index (χ0v) is 11.1. The number of nitrogens with one attached hydrogen (secondary N) is 1. The summed E-state index contributed by atoms with van der Waals surface area (Å²) in [7, 11) is 0. The monoisotopic (exact) mass is 269 g/mol. The number of nitrogen functional groups attached to an aromatic ring is 1. The lowest BCUT2D eigenvalue weighted by Gasteiger charge is -2.08. The van der Waals surface area contributed by atoms with Crippen LogP contribution in [0.5, 0.6) is 0 Å². The molecule has 0 bridgehead atoms. The average molecular weight is 269 g/mol. The van der Waals surface area contributed by atoms with Gasteiger partial charge in [0.15, 0.2) is 0 Å². The van der Waals surface area contributed by atoms with E-state index in [2.05, 4.69) is 22.1 Å². The molecule has 5 nitrogen and oxygen atoms in total. The summed E-state index contributed by atoms with van der Waals surface area (Å²) in [6.45, 7) is 2.53. The van der Waals surface area contributed by atoms with Gasteiger partial charge in [0.25, 0.3) is 5.91 Å². The number of hydrazine groups is 1. The fourth-order valence-corrected chi connectivity index (χ4v) is 2.44. The van der Waals surface area contributed by atoms with Gasteiger partial charge in [-0.25, -0.2) is 5.84 Å². The molecular formula is C15H15N3O2. The topological polar surface area (TPSA) is 73.2 Å². The second-order valence-electron chi connectivity index (χ2n) is 4.66. The maximum absolute atomic E-state index is 11.7. The summed E-state index contributed by atoms with van der Waals surface area (Å²) in [5, 5.41) is 1.17. The lowest BCUT2D eigenvalue weighted by molar-refractivity contribution is 0.0951. The van der Waals surface area contributed by atoms with Crippen LogP contribution in [0.15, 0.2) is 47.1 Å². The number of para-hydroxylation sites is 1. The summed E-state index contributed by atoms with van der Waals surface area (Å²) in [5.74, 6) is 5.43. The first kappa shape index (κ1) is 12.5. The van der Waals surface area contributed by atoms with Crippen molar-refractivity contribution in [3.8, 4) is 0 Å². The van der Waals surface area contributed by atoms with Crippen molar-refractivity contribution in [1.82, 2.24) is 9.99 Å². The Kier molecular flexibility index (Phi) is 3.04. The van der Waals surface area contributed by atoms with Crippen molar-refractivity contribution in [3.63, 3.8) is 0 Å². The van der Waals surface area contributed by atoms with Crippen LogP contribution in [0.25, 0.3) is 10.9 Å². The average Bonchev–Trinajstić information content (AvgIpc) is 3.04. The summed E-state index contributed by atoms with van der Waals surface area (Å²) in [4.78, 5) is 11.7. The molecule has 0 unspecified atom stereocenters. The van der Waals surface area contributed by atoms with E-state index in [1.54, 1.807) is 6.07 Å². The fraction of sp³-hybridized carbons (Fsp3) is 0.133. The molecule has 1 amide bonds. The fourth-order valence-electron chi connectivity index (χ4n) is 2.44. The quantitative estimate of drug-likeness (QED) is 0.435. The van der Waals surface area contributed by atoms with Crippen LogP contribution >= 0.6 is 0 Å². The smallest absolute Gasteiger partial charge is 0.268 e. The molecule has 0 aliphatic heterocycles. The van der Waals surface area contributed by atoms with Crippen LogP contribution in [0.3, 0.4) is 0 Å². The molecule has 2 heterocycles. The molecule has 0 saturated heterocycles. The molecule has 3 N–H and O–H groups in total. The van der Waals surface area contributed by atoms with Gasteiger partial charge in [-0.15, -0.1) is 0 Å². The number of aryl methyl sites for hydroxylation is 1. The highest BCUT2D eigenvalue weighted by atomic mass is 16.3. The van der Waals surface area contributed by atoms with Gasteiger partial charge >= 0.3 is 0 Å². The zero-order chi connectivity index (χ0) is 14.1. The Morgan fingerprint density at radius 1 is 1.35 bits per heavy atom. The normalized spacial score (nSPS) is 10.9. The lowest BCUT2D eigenvalue weighted by atomic mass is 10.2. The van der Waals surface area contributed by atoms with Crippen LogP contribution in [0.4, 0.5) is 0 Å². The number of rotatable bonds is 3. The van der Waals surface area contributed by atoms with Gasteiger partial charge in [-0.1, -0.05) is 18.2 Å². The highest BCUT2D eigenvalue weighted by Crippen LogP contribution is 2.22. The van der Waals surface area contributed by atoms with Crippen molar-refractivity contribution in [2.75, 3.05) is 0 Å². The van der Waals surface area contributed by atoms with Gasteiger partial charge < -0.3 is 8.98 Å². The minimum absolute atomic E-state index is 0.345. The highest BCUT2D eigenvalue weighted by molar-refractivity contribution is 5.94. The number of hydrogen-bond donors (Lipinski definition) is 2. The number of amides is 1. The molecule has 20 heavy (non-hydrogen) atoms. The molecule has 3 aromatic rings. The van der Waals surface area contributed by atoms with E-state index in [-0.39, 0.29) is 5.91 Å². The van der Waals surface area contributed by atoms with Crippen LogP contribution in [0.1, 0.15) is 21.8 Å². The van der Waals surface area contributed by atoms with Gasteiger partial charge in [-0.3, -0.25) is 10.2 Å². The number of fused-ring (bicyclic) bond motifs is 1. The molecule has 0 fully saturated rings. The van der Waals surface area contributed by atoms with Gasteiger partial charge in [0, 0.05) is 11.2 Å². The standard InChI is InChI=1S/C15H15N3O2/c1-10-8-11-4-2-3-5-13(11)18(10)9-14-12(6-7-20-14)15(19)17-16/h2-8H,9,16H2,1H3,(H,17,19). The Bertz CT molecular complexity index is 770. The number of carbonyl (C=O) groups excluding carboxylic acids is 1. The van der Waals surface area contributed by atoms with Gasteiger partial charge in [0.2, 0.25) is 0 Å². The maximum Gasteiger partial charge on any atom is 0.268 e. The summed E-state index contributed by atoms with van der Waals surface area (Å²) in [6, 6.07) is 11.8. The SMILES string of the molecule is Cc1cc2ccccc2n1Cc1occc1C(=O)NN. The number of benzene rings is 1. The second kappa shape index (κ2) is 4.86. The van der Waals surface area contributed by atoms with E-state index in [4.69, 9.17) is 10.3 Å². The van der Waals surface area contributed by atoms with Gasteiger partial charge in [0.05, 0.1) is 18.4 Å². The van der Waals surface area contributed by atoms with E-state index in [1.165, 1.54) is 11.6 Å². The van der Waals surface area contributed by atoms with Crippen LogP contribution in [-0.2, 0) is 6.54 Å². The van der Waals surface area contributed by atoms with Crippen molar-refractivity contribution < 1.29 is 9.21 Å². The van der Waals surface area contributed by atoms with Gasteiger partial charge in [0.1, 0.15) is 5.76 Å². The Morgan fingerprint density at radius 2 is 2.15 bits per heavy atom. The molecule has 102 valence electrons. The maximum atomic E-state index is 11.7. The molecule has 0 aliphatic carbocycles. The van der Waals surface area contributed by atoms with Crippen molar-refractivity contribution >= 4 is 16.8 Å². The summed E-state index contributed by atoms with van der Waals surface area (Å²) < 4.78 is 7.54. The van der Waals surface area contributed by atoms with E-state index in [1.807, 2.05) is 25.1 Å². The van der Waals surface area contributed by atoms with Crippen molar-refractivity contribution in [2.24, 2.45) is 5.84 Å². The lowest BCUT2D eigenvalue weighted by Crippen LogP contribution is -2.30. The van der Waals surface area contributed by atoms with Gasteiger partial charge in [-0.2, -0.15) is 0 Å². The summed E-state index contributed by atoms with van der Waals surface area (Å²) >= 11 is 0. The molecule has 0 saturated carbocycles. The Balaban J connectivity index is 2.04. The molecular weight excluding hydrogens is 254 g/mol. The summed E-state index contributed by atoms with van der Waals surface area (Å²) in [5.41, 5.74) is 4.82. The number of carbonyl (C=O) groups is 1. The summed E-state index contributed by atoms with van der Waals surface area (Å²) in [6.07, 6.45) is 1.50. The Labute approximate surface area is 115 Å². The number of nitrogens with two attached hydrogens (primary N) is 1. The first-order chi connectivity index (χ1) is 9.70. The first-order valence-electron chi connectivity index (χ1n) is 6.33. The molecule has 0 spiro atoms. The minimum Gasteiger partial charge on any atom is -0.467 e.